The number of carbonyl (C=O) groups excluding carboxylic acids is 4. The Labute approximate surface area is 325 Å². The summed E-state index contributed by atoms with van der Waals surface area (Å²) in [6.45, 7) is 1.08. The largest absolute Gasteiger partial charge is 0.494 e. The summed E-state index contributed by atoms with van der Waals surface area (Å²) in [4.78, 5) is 50.2. The van der Waals surface area contributed by atoms with Gasteiger partial charge in [0, 0.05) is 22.3 Å². The van der Waals surface area contributed by atoms with Crippen LogP contribution in [0.15, 0.2) is 158 Å². The van der Waals surface area contributed by atoms with Crippen LogP contribution in [0, 0.1) is 0 Å². The Kier molecular flexibility index (Phi) is 13.6. The minimum Gasteiger partial charge on any atom is -0.494 e. The lowest BCUT2D eigenvalue weighted by molar-refractivity contribution is 0.0846. The molecule has 6 aromatic carbocycles. The number of unbranched alkanes of at least 4 members (excludes halogenated alkanes) is 3. The number of hydrogen-bond acceptors (Lipinski definition) is 6. The van der Waals surface area contributed by atoms with Gasteiger partial charge in [-0.1, -0.05) is 84.9 Å². The quantitative estimate of drug-likeness (QED) is 0.0619. The number of benzene rings is 6. The Hall–Kier alpha value is -7.20. The van der Waals surface area contributed by atoms with Gasteiger partial charge in [-0.05, 0) is 121 Å². The Bertz CT molecular complexity index is 2030. The van der Waals surface area contributed by atoms with Crippen molar-refractivity contribution in [2.24, 2.45) is 0 Å². The fraction of sp³-hybridized carbons (Fsp3) is 0.130. The van der Waals surface area contributed by atoms with E-state index in [4.69, 9.17) is 9.47 Å². The van der Waals surface area contributed by atoms with Gasteiger partial charge in [0.15, 0.2) is 0 Å². The molecule has 0 aromatic heterocycles. The maximum absolute atomic E-state index is 12.6. The van der Waals surface area contributed by atoms with E-state index in [1.54, 1.807) is 72.8 Å². The van der Waals surface area contributed by atoms with Crippen molar-refractivity contribution in [3.8, 4) is 33.8 Å². The van der Waals surface area contributed by atoms with Crippen molar-refractivity contribution in [1.82, 2.24) is 21.7 Å². The number of hydrogen-bond donors (Lipinski definition) is 4. The minimum absolute atomic E-state index is 0.389. The van der Waals surface area contributed by atoms with Gasteiger partial charge in [-0.25, -0.2) is 0 Å². The molecule has 10 heteroatoms. The topological polar surface area (TPSA) is 135 Å². The zero-order chi connectivity index (χ0) is 39.0. The van der Waals surface area contributed by atoms with Crippen molar-refractivity contribution < 1.29 is 28.7 Å². The second kappa shape index (κ2) is 19.8. The first kappa shape index (κ1) is 38.5. The highest BCUT2D eigenvalue weighted by molar-refractivity contribution is 6.00. The summed E-state index contributed by atoms with van der Waals surface area (Å²) in [5.74, 6) is -0.380. The van der Waals surface area contributed by atoms with Gasteiger partial charge in [-0.15, -0.1) is 0 Å². The number of hydrazine groups is 2. The first-order valence-electron chi connectivity index (χ1n) is 18.4. The minimum atomic E-state index is -0.433. The molecule has 0 heterocycles. The molecule has 0 aliphatic carbocycles. The first-order chi connectivity index (χ1) is 27.4. The third kappa shape index (κ3) is 11.2. The Morgan fingerprint density at radius 1 is 0.321 bits per heavy atom. The van der Waals surface area contributed by atoms with E-state index in [0.717, 1.165) is 47.9 Å². The van der Waals surface area contributed by atoms with Gasteiger partial charge in [-0.2, -0.15) is 0 Å². The van der Waals surface area contributed by atoms with Gasteiger partial charge >= 0.3 is 0 Å². The van der Waals surface area contributed by atoms with Crippen molar-refractivity contribution in [1.29, 1.82) is 0 Å². The van der Waals surface area contributed by atoms with Crippen LogP contribution in [0.2, 0.25) is 0 Å². The second-order valence-electron chi connectivity index (χ2n) is 12.9. The van der Waals surface area contributed by atoms with Crippen molar-refractivity contribution in [3.63, 3.8) is 0 Å². The SMILES string of the molecule is O=C(NNC(=O)c1ccc(-c2ccccc2)cc1)c1ccc(OCCCCCCOc2ccc(C(=O)NNC(=O)c3ccc(-c4ccccc4)cc3)cc2)cc1. The van der Waals surface area contributed by atoms with Crippen molar-refractivity contribution >= 4 is 23.6 Å². The van der Waals surface area contributed by atoms with Crippen LogP contribution >= 0.6 is 0 Å². The molecule has 0 bridgehead atoms. The molecule has 0 aliphatic heterocycles. The maximum atomic E-state index is 12.6. The van der Waals surface area contributed by atoms with E-state index in [2.05, 4.69) is 21.7 Å². The number of rotatable bonds is 15. The average molecular weight is 747 g/mol. The summed E-state index contributed by atoms with van der Waals surface area (Å²) >= 11 is 0. The third-order valence-corrected chi connectivity index (χ3v) is 8.90. The second-order valence-corrected chi connectivity index (χ2v) is 12.9. The van der Waals surface area contributed by atoms with Crippen LogP contribution in [0.3, 0.4) is 0 Å². The zero-order valence-electron chi connectivity index (χ0n) is 30.7. The highest BCUT2D eigenvalue weighted by Gasteiger charge is 2.12. The lowest BCUT2D eigenvalue weighted by Gasteiger charge is -2.10. The van der Waals surface area contributed by atoms with Crippen molar-refractivity contribution in [2.45, 2.75) is 25.7 Å². The smallest absolute Gasteiger partial charge is 0.269 e. The highest BCUT2D eigenvalue weighted by atomic mass is 16.5. The Morgan fingerprint density at radius 3 is 0.893 bits per heavy atom. The van der Waals surface area contributed by atoms with Crippen LogP contribution in [-0.4, -0.2) is 36.8 Å². The van der Waals surface area contributed by atoms with Crippen LogP contribution in [0.4, 0.5) is 0 Å². The van der Waals surface area contributed by atoms with E-state index in [0.29, 0.717) is 47.0 Å². The molecule has 0 fully saturated rings. The summed E-state index contributed by atoms with van der Waals surface area (Å²) in [7, 11) is 0. The van der Waals surface area contributed by atoms with Crippen LogP contribution in [0.1, 0.15) is 67.1 Å². The van der Waals surface area contributed by atoms with Crippen molar-refractivity contribution in [3.05, 3.63) is 180 Å². The van der Waals surface area contributed by atoms with Gasteiger partial charge in [0.25, 0.3) is 23.6 Å². The van der Waals surface area contributed by atoms with E-state index >= 15 is 0 Å². The van der Waals surface area contributed by atoms with Crippen LogP contribution in [0.25, 0.3) is 22.3 Å². The molecule has 0 saturated heterocycles. The summed E-state index contributed by atoms with van der Waals surface area (Å²) < 4.78 is 11.7. The predicted octanol–water partition coefficient (Wildman–Crippen LogP) is 8.19. The fourth-order valence-electron chi connectivity index (χ4n) is 5.75. The molecule has 0 saturated carbocycles. The highest BCUT2D eigenvalue weighted by Crippen LogP contribution is 2.21. The molecule has 4 N–H and O–H groups in total. The van der Waals surface area contributed by atoms with E-state index < -0.39 is 23.6 Å². The molecule has 0 aliphatic rings. The Balaban J connectivity index is 0.806. The van der Waals surface area contributed by atoms with Gasteiger partial charge in [0.1, 0.15) is 11.5 Å². The predicted molar refractivity (Wildman–Crippen MR) is 216 cm³/mol. The summed E-state index contributed by atoms with van der Waals surface area (Å²) in [6, 6.07) is 47.6. The lowest BCUT2D eigenvalue weighted by Crippen LogP contribution is -2.41. The normalized spacial score (nSPS) is 10.5. The molecule has 0 spiro atoms. The molecular weight excluding hydrogens is 705 g/mol. The first-order valence-corrected chi connectivity index (χ1v) is 18.4. The number of amides is 4. The molecule has 4 amide bonds. The fourth-order valence-corrected chi connectivity index (χ4v) is 5.75. The maximum Gasteiger partial charge on any atom is 0.269 e. The monoisotopic (exact) mass is 746 g/mol. The van der Waals surface area contributed by atoms with Crippen LogP contribution in [-0.2, 0) is 0 Å². The van der Waals surface area contributed by atoms with Crippen molar-refractivity contribution in [2.75, 3.05) is 13.2 Å². The number of carbonyl (C=O) groups is 4. The number of nitrogens with one attached hydrogen (secondary N) is 4. The standard InChI is InChI=1S/C46H42N4O6/c51-43(37-19-15-35(16-20-37)33-11-5-3-6-12-33)47-49-45(53)39-23-27-41(28-24-39)55-31-9-1-2-10-32-56-42-29-25-40(26-30-42)46(54)50-48-44(52)38-21-17-36(18-22-38)34-13-7-4-8-14-34/h3-8,11-30H,1-2,9-10,31-32H2,(H,47,51)(H,48,52)(H,49,53)(H,50,54). The van der Waals surface area contributed by atoms with Gasteiger partial charge in [-0.3, -0.25) is 40.9 Å². The Morgan fingerprint density at radius 2 is 0.589 bits per heavy atom. The van der Waals surface area contributed by atoms with E-state index in [9.17, 15) is 19.2 Å². The van der Waals surface area contributed by atoms with E-state index in [1.165, 1.54) is 0 Å². The molecule has 0 radical (unpaired) electrons. The average Bonchev–Trinajstić information content (AvgIpc) is 3.26. The molecule has 0 unspecified atom stereocenters. The van der Waals surface area contributed by atoms with Gasteiger partial charge in [0.05, 0.1) is 13.2 Å². The third-order valence-electron chi connectivity index (χ3n) is 8.90. The molecule has 6 rings (SSSR count). The van der Waals surface area contributed by atoms with E-state index in [-0.39, 0.29) is 0 Å². The van der Waals surface area contributed by atoms with Gasteiger partial charge < -0.3 is 9.47 Å². The summed E-state index contributed by atoms with van der Waals surface area (Å²) in [5, 5.41) is 0. The lowest BCUT2D eigenvalue weighted by atomic mass is 10.0. The molecule has 282 valence electrons. The van der Waals surface area contributed by atoms with Crippen LogP contribution < -0.4 is 31.2 Å². The van der Waals surface area contributed by atoms with Gasteiger partial charge in [0.2, 0.25) is 0 Å². The summed E-state index contributed by atoms with van der Waals surface area (Å²) in [6.07, 6.45) is 3.64. The molecule has 6 aromatic rings. The molecule has 56 heavy (non-hydrogen) atoms. The summed E-state index contributed by atoms with van der Waals surface area (Å²) in [5.41, 5.74) is 15.6. The molecule has 0 atom stereocenters. The zero-order valence-corrected chi connectivity index (χ0v) is 30.7. The number of ether oxygens (including phenoxy) is 2. The molecule has 10 nitrogen and oxygen atoms in total. The van der Waals surface area contributed by atoms with E-state index in [1.807, 2.05) is 84.9 Å². The molecular formula is C46H42N4O6. The van der Waals surface area contributed by atoms with Crippen LogP contribution in [0.5, 0.6) is 11.5 Å².